The van der Waals surface area contributed by atoms with E-state index >= 15 is 0 Å². The molecule has 2 rings (SSSR count). The van der Waals surface area contributed by atoms with Gasteiger partial charge >= 0.3 is 0 Å². The summed E-state index contributed by atoms with van der Waals surface area (Å²) in [5.41, 5.74) is -0.196. The Labute approximate surface area is 121 Å². The van der Waals surface area contributed by atoms with E-state index in [1.165, 1.54) is 0 Å². The topological polar surface area (TPSA) is 52.7 Å². The Kier molecular flexibility index (Phi) is 4.68. The molecule has 2 fully saturated rings. The van der Waals surface area contributed by atoms with Gasteiger partial charge in [-0.25, -0.2) is 0 Å². The summed E-state index contributed by atoms with van der Waals surface area (Å²) in [5, 5.41) is 3.32. The van der Waals surface area contributed by atoms with Crippen LogP contribution < -0.4 is 5.32 Å². The molecular weight excluding hydrogens is 254 g/mol. The summed E-state index contributed by atoms with van der Waals surface area (Å²) in [6.07, 6.45) is 3.44. The minimum Gasteiger partial charge on any atom is -0.349 e. The molecule has 0 radical (unpaired) electrons. The zero-order valence-corrected chi connectivity index (χ0v) is 12.9. The first-order valence-corrected chi connectivity index (χ1v) is 7.71. The summed E-state index contributed by atoms with van der Waals surface area (Å²) in [6.45, 7) is 5.30. The van der Waals surface area contributed by atoms with E-state index in [0.717, 1.165) is 51.9 Å². The molecule has 0 aromatic heterocycles. The van der Waals surface area contributed by atoms with Gasteiger partial charge in [-0.1, -0.05) is 6.92 Å². The van der Waals surface area contributed by atoms with Crippen LogP contribution in [-0.4, -0.2) is 61.9 Å². The second kappa shape index (κ2) is 6.12. The predicted octanol–water partition coefficient (Wildman–Crippen LogP) is 0.703. The first kappa shape index (κ1) is 15.3. The fourth-order valence-electron chi connectivity index (χ4n) is 3.41. The summed E-state index contributed by atoms with van der Waals surface area (Å²) < 4.78 is 0. The van der Waals surface area contributed by atoms with Crippen molar-refractivity contribution in [3.8, 4) is 0 Å². The van der Waals surface area contributed by atoms with E-state index < -0.39 is 0 Å². The van der Waals surface area contributed by atoms with E-state index in [1.54, 1.807) is 19.0 Å². The molecule has 2 saturated heterocycles. The Balaban J connectivity index is 1.93. The van der Waals surface area contributed by atoms with Gasteiger partial charge in [-0.2, -0.15) is 0 Å². The number of rotatable bonds is 3. The fourth-order valence-corrected chi connectivity index (χ4v) is 3.41. The number of amides is 2. The van der Waals surface area contributed by atoms with E-state index in [4.69, 9.17) is 0 Å². The Morgan fingerprint density at radius 1 is 1.30 bits per heavy atom. The van der Waals surface area contributed by atoms with Gasteiger partial charge in [0.25, 0.3) is 0 Å². The van der Waals surface area contributed by atoms with Gasteiger partial charge in [-0.3, -0.25) is 9.59 Å². The lowest BCUT2D eigenvalue weighted by atomic mass is 9.81. The molecule has 114 valence electrons. The largest absolute Gasteiger partial charge is 0.349 e. The van der Waals surface area contributed by atoms with Crippen molar-refractivity contribution in [2.75, 3.05) is 40.3 Å². The minimum absolute atomic E-state index is 0.0910. The van der Waals surface area contributed by atoms with Crippen molar-refractivity contribution < 1.29 is 9.59 Å². The molecule has 1 N–H and O–H groups in total. The molecule has 2 amide bonds. The van der Waals surface area contributed by atoms with Crippen LogP contribution in [0.15, 0.2) is 0 Å². The SMILES string of the molecule is CCC1(C(=O)N2CCC(C(=O)N(C)C)CC2)CCNC1. The maximum absolute atomic E-state index is 12.8. The molecular formula is C15H27N3O2. The predicted molar refractivity (Wildman–Crippen MR) is 78.2 cm³/mol. The van der Waals surface area contributed by atoms with Gasteiger partial charge in [-0.15, -0.1) is 0 Å². The number of hydrogen-bond acceptors (Lipinski definition) is 3. The highest BCUT2D eigenvalue weighted by atomic mass is 16.2. The summed E-state index contributed by atoms with van der Waals surface area (Å²) in [7, 11) is 3.60. The average molecular weight is 281 g/mol. The van der Waals surface area contributed by atoms with Crippen LogP contribution in [0.4, 0.5) is 0 Å². The lowest BCUT2D eigenvalue weighted by molar-refractivity contribution is -0.145. The molecule has 0 bridgehead atoms. The third-order valence-corrected chi connectivity index (χ3v) is 4.95. The van der Waals surface area contributed by atoms with Crippen LogP contribution >= 0.6 is 0 Å². The van der Waals surface area contributed by atoms with E-state index in [1.807, 2.05) is 4.90 Å². The minimum atomic E-state index is -0.196. The van der Waals surface area contributed by atoms with Crippen molar-refractivity contribution in [1.82, 2.24) is 15.1 Å². The Bertz CT molecular complexity index is 367. The van der Waals surface area contributed by atoms with E-state index in [2.05, 4.69) is 12.2 Å². The number of carbonyl (C=O) groups is 2. The van der Waals surface area contributed by atoms with Gasteiger partial charge < -0.3 is 15.1 Å². The monoisotopic (exact) mass is 281 g/mol. The highest BCUT2D eigenvalue weighted by Crippen LogP contribution is 2.33. The van der Waals surface area contributed by atoms with Gasteiger partial charge in [0, 0.05) is 39.6 Å². The summed E-state index contributed by atoms with van der Waals surface area (Å²) in [6, 6.07) is 0. The summed E-state index contributed by atoms with van der Waals surface area (Å²) >= 11 is 0. The molecule has 0 aromatic rings. The van der Waals surface area contributed by atoms with Crippen LogP contribution in [0.25, 0.3) is 0 Å². The Morgan fingerprint density at radius 3 is 2.40 bits per heavy atom. The third kappa shape index (κ3) is 2.82. The highest BCUT2D eigenvalue weighted by molar-refractivity contribution is 5.84. The Morgan fingerprint density at radius 2 is 1.95 bits per heavy atom. The van der Waals surface area contributed by atoms with Gasteiger partial charge in [0.2, 0.25) is 11.8 Å². The van der Waals surface area contributed by atoms with Crippen LogP contribution in [0.5, 0.6) is 0 Å². The number of piperidine rings is 1. The molecule has 2 aliphatic heterocycles. The van der Waals surface area contributed by atoms with Crippen LogP contribution in [0.2, 0.25) is 0 Å². The average Bonchev–Trinajstić information content (AvgIpc) is 2.96. The van der Waals surface area contributed by atoms with Crippen LogP contribution in [0, 0.1) is 11.3 Å². The first-order valence-electron chi connectivity index (χ1n) is 7.71. The lowest BCUT2D eigenvalue weighted by Gasteiger charge is -2.38. The third-order valence-electron chi connectivity index (χ3n) is 4.95. The maximum atomic E-state index is 12.8. The molecule has 0 aromatic carbocycles. The van der Waals surface area contributed by atoms with Crippen LogP contribution in [0.1, 0.15) is 32.6 Å². The highest BCUT2D eigenvalue weighted by Gasteiger charge is 2.43. The van der Waals surface area contributed by atoms with Gasteiger partial charge in [0.05, 0.1) is 5.41 Å². The Hall–Kier alpha value is -1.10. The standard InChI is InChI=1S/C15H27N3O2/c1-4-15(7-8-16-11-15)14(20)18-9-5-12(6-10-18)13(19)17(2)3/h12,16H,4-11H2,1-3H3. The van der Waals surface area contributed by atoms with Crippen molar-refractivity contribution in [1.29, 1.82) is 0 Å². The molecule has 1 atom stereocenters. The number of carbonyl (C=O) groups excluding carboxylic acids is 2. The van der Waals surface area contributed by atoms with E-state index in [0.29, 0.717) is 5.91 Å². The number of nitrogens with one attached hydrogen (secondary N) is 1. The van der Waals surface area contributed by atoms with Crippen molar-refractivity contribution in [2.24, 2.45) is 11.3 Å². The van der Waals surface area contributed by atoms with Gasteiger partial charge in [-0.05, 0) is 32.2 Å². The van der Waals surface area contributed by atoms with Crippen molar-refractivity contribution in [2.45, 2.75) is 32.6 Å². The zero-order chi connectivity index (χ0) is 14.8. The van der Waals surface area contributed by atoms with E-state index in [-0.39, 0.29) is 17.2 Å². The van der Waals surface area contributed by atoms with Crippen molar-refractivity contribution in [3.63, 3.8) is 0 Å². The second-order valence-corrected chi connectivity index (χ2v) is 6.36. The van der Waals surface area contributed by atoms with Crippen molar-refractivity contribution >= 4 is 11.8 Å². The molecule has 5 heteroatoms. The zero-order valence-electron chi connectivity index (χ0n) is 12.9. The molecule has 2 aliphatic rings. The molecule has 0 spiro atoms. The van der Waals surface area contributed by atoms with Gasteiger partial charge in [0.1, 0.15) is 0 Å². The van der Waals surface area contributed by atoms with Crippen LogP contribution in [0.3, 0.4) is 0 Å². The normalized spacial score (nSPS) is 27.6. The lowest BCUT2D eigenvalue weighted by Crippen LogP contribution is -2.49. The molecule has 20 heavy (non-hydrogen) atoms. The van der Waals surface area contributed by atoms with Crippen molar-refractivity contribution in [3.05, 3.63) is 0 Å². The second-order valence-electron chi connectivity index (χ2n) is 6.36. The fraction of sp³-hybridized carbons (Fsp3) is 0.867. The summed E-state index contributed by atoms with van der Waals surface area (Å²) in [4.78, 5) is 28.4. The smallest absolute Gasteiger partial charge is 0.230 e. The number of likely N-dealkylation sites (tertiary alicyclic amines) is 1. The molecule has 2 heterocycles. The maximum Gasteiger partial charge on any atom is 0.230 e. The molecule has 1 unspecified atom stereocenters. The quantitative estimate of drug-likeness (QED) is 0.828. The van der Waals surface area contributed by atoms with Gasteiger partial charge in [0.15, 0.2) is 0 Å². The number of nitrogens with zero attached hydrogens (tertiary/aromatic N) is 2. The van der Waals surface area contributed by atoms with E-state index in [9.17, 15) is 9.59 Å². The molecule has 0 saturated carbocycles. The first-order chi connectivity index (χ1) is 9.50. The van der Waals surface area contributed by atoms with Crippen LogP contribution in [-0.2, 0) is 9.59 Å². The number of hydrogen-bond donors (Lipinski definition) is 1. The summed E-state index contributed by atoms with van der Waals surface area (Å²) in [5.74, 6) is 0.582. The molecule has 5 nitrogen and oxygen atoms in total. The molecule has 0 aliphatic carbocycles.